The third-order valence-electron chi connectivity index (χ3n) is 2.23. The second-order valence-corrected chi connectivity index (χ2v) is 6.95. The molecular formula is C13H30Cl2N4O2. The quantitative estimate of drug-likeness (QED) is 0.339. The van der Waals surface area contributed by atoms with Crippen LogP contribution in [0, 0.1) is 0 Å². The summed E-state index contributed by atoms with van der Waals surface area (Å²) in [7, 11) is 11.9. The summed E-state index contributed by atoms with van der Waals surface area (Å²) in [6.45, 7) is 2.13. The van der Waals surface area contributed by atoms with E-state index in [9.17, 15) is 9.59 Å². The van der Waals surface area contributed by atoms with E-state index in [0.717, 1.165) is 6.42 Å². The van der Waals surface area contributed by atoms with Gasteiger partial charge in [0.25, 0.3) is 11.8 Å². The average Bonchev–Trinajstić information content (AvgIpc) is 2.10. The number of hydrogen-bond acceptors (Lipinski definition) is 2. The largest absolute Gasteiger partial charge is 1.00 e. The molecule has 0 aliphatic carbocycles. The van der Waals surface area contributed by atoms with Crippen molar-refractivity contribution in [1.29, 1.82) is 0 Å². The van der Waals surface area contributed by atoms with Crippen LogP contribution in [0.2, 0.25) is 0 Å². The lowest BCUT2D eigenvalue weighted by Crippen LogP contribution is -3.00. The van der Waals surface area contributed by atoms with Crippen LogP contribution in [-0.2, 0) is 9.59 Å². The average molecular weight is 345 g/mol. The molecule has 0 spiro atoms. The highest BCUT2D eigenvalue weighted by atomic mass is 35.5. The van der Waals surface area contributed by atoms with Crippen LogP contribution < -0.4 is 35.4 Å². The normalized spacial score (nSPS) is 11.0. The summed E-state index contributed by atoms with van der Waals surface area (Å²) in [6.07, 6.45) is 0.756. The maximum atomic E-state index is 11.5. The fourth-order valence-corrected chi connectivity index (χ4v) is 1.52. The van der Waals surface area contributed by atoms with E-state index in [0.29, 0.717) is 35.1 Å². The van der Waals surface area contributed by atoms with Crippen LogP contribution in [0.3, 0.4) is 0 Å². The Morgan fingerprint density at radius 2 is 1.00 bits per heavy atom. The Labute approximate surface area is 141 Å². The Morgan fingerprint density at radius 3 is 1.24 bits per heavy atom. The van der Waals surface area contributed by atoms with E-state index >= 15 is 0 Å². The smallest absolute Gasteiger partial charge is 0.275 e. The van der Waals surface area contributed by atoms with Gasteiger partial charge in [-0.25, -0.2) is 0 Å². The Kier molecular flexibility index (Phi) is 13.4. The molecule has 128 valence electrons. The second kappa shape index (κ2) is 11.1. The molecule has 0 unspecified atom stereocenters. The SMILES string of the molecule is C[N+](C)(C)CC(=O)NCCCNC(=O)C[N+](C)(C)C.[Cl-].[Cl-]. The lowest BCUT2D eigenvalue weighted by Gasteiger charge is -2.23. The predicted octanol–water partition coefficient (Wildman–Crippen LogP) is -6.97. The van der Waals surface area contributed by atoms with E-state index in [-0.39, 0.29) is 36.6 Å². The maximum absolute atomic E-state index is 11.5. The molecule has 0 heterocycles. The molecule has 0 radical (unpaired) electrons. The number of rotatable bonds is 8. The van der Waals surface area contributed by atoms with Crippen LogP contribution in [0.4, 0.5) is 0 Å². The highest BCUT2D eigenvalue weighted by Crippen LogP contribution is 1.89. The fourth-order valence-electron chi connectivity index (χ4n) is 1.52. The number of halogens is 2. The molecule has 0 aromatic carbocycles. The number of nitrogens with zero attached hydrogens (tertiary/aromatic N) is 2. The van der Waals surface area contributed by atoms with Gasteiger partial charge < -0.3 is 44.4 Å². The number of carbonyl (C=O) groups is 2. The Hall–Kier alpha value is -0.560. The van der Waals surface area contributed by atoms with Gasteiger partial charge in [-0.3, -0.25) is 9.59 Å². The predicted molar refractivity (Wildman–Crippen MR) is 76.4 cm³/mol. The number of nitrogens with one attached hydrogen (secondary N) is 2. The van der Waals surface area contributed by atoms with E-state index in [1.807, 2.05) is 42.3 Å². The monoisotopic (exact) mass is 344 g/mol. The van der Waals surface area contributed by atoms with Gasteiger partial charge in [0.2, 0.25) is 0 Å². The molecule has 0 saturated carbocycles. The minimum Gasteiger partial charge on any atom is -1.00 e. The van der Waals surface area contributed by atoms with Crippen LogP contribution in [0.5, 0.6) is 0 Å². The van der Waals surface area contributed by atoms with Gasteiger partial charge in [0, 0.05) is 13.1 Å². The summed E-state index contributed by atoms with van der Waals surface area (Å²) in [6, 6.07) is 0. The first-order valence-electron chi connectivity index (χ1n) is 6.64. The molecule has 0 saturated heterocycles. The van der Waals surface area contributed by atoms with Gasteiger partial charge in [-0.2, -0.15) is 0 Å². The molecule has 0 aromatic rings. The third-order valence-corrected chi connectivity index (χ3v) is 2.23. The Balaban J connectivity index is -0.00000162. The van der Waals surface area contributed by atoms with Crippen molar-refractivity contribution in [1.82, 2.24) is 10.6 Å². The zero-order valence-corrected chi connectivity index (χ0v) is 15.5. The van der Waals surface area contributed by atoms with Crippen LogP contribution in [0.1, 0.15) is 6.42 Å². The van der Waals surface area contributed by atoms with Gasteiger partial charge in [-0.05, 0) is 6.42 Å². The fraction of sp³-hybridized carbons (Fsp3) is 0.846. The molecule has 0 aliphatic rings. The van der Waals surface area contributed by atoms with Gasteiger partial charge in [0.15, 0.2) is 13.1 Å². The van der Waals surface area contributed by atoms with Gasteiger partial charge >= 0.3 is 0 Å². The summed E-state index contributed by atoms with van der Waals surface area (Å²) in [5, 5.41) is 5.70. The van der Waals surface area contributed by atoms with Crippen molar-refractivity contribution in [3.8, 4) is 0 Å². The van der Waals surface area contributed by atoms with Crippen molar-refractivity contribution >= 4 is 11.8 Å². The number of hydrogen-bond donors (Lipinski definition) is 2. The van der Waals surface area contributed by atoms with Crippen molar-refractivity contribution in [3.63, 3.8) is 0 Å². The first-order valence-corrected chi connectivity index (χ1v) is 6.64. The standard InChI is InChI=1S/C13H28N4O2.2ClH/c1-16(2,3)10-12(18)14-8-7-9-15-13(19)11-17(4,5)6;;/h7-11H2,1-6H3;2*1H. The second-order valence-electron chi connectivity index (χ2n) is 6.95. The van der Waals surface area contributed by atoms with Crippen molar-refractivity contribution < 1.29 is 43.4 Å². The van der Waals surface area contributed by atoms with Gasteiger partial charge in [-0.15, -0.1) is 0 Å². The zero-order chi connectivity index (χ0) is 15.1. The van der Waals surface area contributed by atoms with Gasteiger partial charge in [-0.1, -0.05) is 0 Å². The van der Waals surface area contributed by atoms with E-state index in [1.165, 1.54) is 0 Å². The van der Waals surface area contributed by atoms with Crippen LogP contribution in [0.25, 0.3) is 0 Å². The molecule has 21 heavy (non-hydrogen) atoms. The van der Waals surface area contributed by atoms with Crippen molar-refractivity contribution in [2.24, 2.45) is 0 Å². The maximum Gasteiger partial charge on any atom is 0.275 e. The number of likely N-dealkylation sites (N-methyl/N-ethyl adjacent to an activating group) is 2. The van der Waals surface area contributed by atoms with E-state index < -0.39 is 0 Å². The minimum atomic E-state index is 0. The van der Waals surface area contributed by atoms with Gasteiger partial charge in [0.1, 0.15) is 0 Å². The first-order chi connectivity index (χ1) is 8.49. The molecule has 0 rings (SSSR count). The summed E-state index contributed by atoms with van der Waals surface area (Å²) < 4.78 is 1.23. The molecule has 0 atom stereocenters. The Bertz CT molecular complexity index is 282. The molecule has 2 N–H and O–H groups in total. The number of amides is 2. The molecule has 0 fully saturated rings. The molecule has 2 amide bonds. The van der Waals surface area contributed by atoms with E-state index in [1.54, 1.807) is 0 Å². The van der Waals surface area contributed by atoms with Crippen molar-refractivity contribution in [3.05, 3.63) is 0 Å². The van der Waals surface area contributed by atoms with Gasteiger partial charge in [0.05, 0.1) is 42.3 Å². The number of quaternary nitrogens is 2. The topological polar surface area (TPSA) is 58.2 Å². The lowest BCUT2D eigenvalue weighted by atomic mass is 10.4. The molecule has 6 nitrogen and oxygen atoms in total. The van der Waals surface area contributed by atoms with Crippen LogP contribution in [0.15, 0.2) is 0 Å². The highest BCUT2D eigenvalue weighted by molar-refractivity contribution is 5.77. The van der Waals surface area contributed by atoms with Crippen LogP contribution >= 0.6 is 0 Å². The number of carbonyl (C=O) groups excluding carboxylic acids is 2. The summed E-state index contributed by atoms with van der Waals surface area (Å²) in [5.74, 6) is 0.0929. The molecular weight excluding hydrogens is 315 g/mol. The minimum absolute atomic E-state index is 0. The summed E-state index contributed by atoms with van der Waals surface area (Å²) >= 11 is 0. The van der Waals surface area contributed by atoms with E-state index in [2.05, 4.69) is 10.6 Å². The van der Waals surface area contributed by atoms with Crippen LogP contribution in [-0.4, -0.2) is 89.2 Å². The summed E-state index contributed by atoms with van der Waals surface area (Å²) in [4.78, 5) is 23.1. The first kappa shape index (κ1) is 25.4. The molecule has 0 bridgehead atoms. The Morgan fingerprint density at radius 1 is 0.714 bits per heavy atom. The lowest BCUT2D eigenvalue weighted by molar-refractivity contribution is -0.862. The van der Waals surface area contributed by atoms with E-state index in [4.69, 9.17) is 0 Å². The third kappa shape index (κ3) is 19.4. The highest BCUT2D eigenvalue weighted by Gasteiger charge is 2.14. The molecule has 0 aromatic heterocycles. The zero-order valence-electron chi connectivity index (χ0n) is 14.0. The van der Waals surface area contributed by atoms with Crippen molar-refractivity contribution in [2.45, 2.75) is 6.42 Å². The molecule has 8 heteroatoms. The van der Waals surface area contributed by atoms with Crippen molar-refractivity contribution in [2.75, 3.05) is 68.5 Å². The summed E-state index contributed by atoms with van der Waals surface area (Å²) in [5.41, 5.74) is 0. The molecule has 0 aliphatic heterocycles.